The van der Waals surface area contributed by atoms with Gasteiger partial charge in [0.05, 0.1) is 16.8 Å². The van der Waals surface area contributed by atoms with Crippen LogP contribution in [0.25, 0.3) is 0 Å². The summed E-state index contributed by atoms with van der Waals surface area (Å²) in [5.41, 5.74) is 1.000. The lowest BCUT2D eigenvalue weighted by atomic mass is 10.1. The van der Waals surface area contributed by atoms with Crippen LogP contribution in [0.3, 0.4) is 0 Å². The van der Waals surface area contributed by atoms with Crippen molar-refractivity contribution >= 4 is 11.9 Å². The minimum absolute atomic E-state index is 0.0186. The molecule has 0 spiro atoms. The van der Waals surface area contributed by atoms with Gasteiger partial charge in [-0.2, -0.15) is 5.10 Å². The molecule has 18 heavy (non-hydrogen) atoms. The highest BCUT2D eigenvalue weighted by atomic mass is 16.4. The number of nitrogens with one attached hydrogen (secondary N) is 1. The van der Waals surface area contributed by atoms with E-state index in [1.165, 1.54) is 18.2 Å². The summed E-state index contributed by atoms with van der Waals surface area (Å²) in [7, 11) is 0. The van der Waals surface area contributed by atoms with Gasteiger partial charge in [-0.1, -0.05) is 6.07 Å². The highest BCUT2D eigenvalue weighted by Crippen LogP contribution is 2.04. The van der Waals surface area contributed by atoms with Crippen LogP contribution in [0.1, 0.15) is 26.4 Å². The van der Waals surface area contributed by atoms with E-state index in [-0.39, 0.29) is 11.1 Å². The van der Waals surface area contributed by atoms with Crippen molar-refractivity contribution in [1.82, 2.24) is 10.2 Å². The van der Waals surface area contributed by atoms with Crippen LogP contribution in [-0.2, 0) is 0 Å². The quantitative estimate of drug-likeness (QED) is 0.751. The minimum atomic E-state index is -1.13. The molecule has 1 aromatic carbocycles. The van der Waals surface area contributed by atoms with Crippen molar-refractivity contribution in [2.45, 2.75) is 6.92 Å². The molecule has 3 N–H and O–H groups in total. The number of aromatic nitrogens is 2. The van der Waals surface area contributed by atoms with Gasteiger partial charge in [0.1, 0.15) is 0 Å². The number of H-pyrrole nitrogens is 1. The molecule has 0 radical (unpaired) electrons. The molecule has 6 heteroatoms. The molecule has 0 saturated carbocycles. The molecule has 0 aliphatic rings. The Bertz CT molecular complexity index is 506. The monoisotopic (exact) mass is 248 g/mol. The number of hydrogen-bond donors (Lipinski definition) is 3. The molecular weight excluding hydrogens is 236 g/mol. The smallest absolute Gasteiger partial charge is 0.335 e. The number of nitrogens with zero attached hydrogens (tertiary/aromatic N) is 1. The van der Waals surface area contributed by atoms with E-state index in [9.17, 15) is 9.59 Å². The SMILES string of the molecule is Cc1cc[nH]n1.O=C(O)c1cccc(C(=O)O)c1. The Morgan fingerprint density at radius 3 is 1.94 bits per heavy atom. The van der Waals surface area contributed by atoms with Gasteiger partial charge in [-0.15, -0.1) is 0 Å². The molecule has 0 aliphatic carbocycles. The molecule has 1 aromatic heterocycles. The van der Waals surface area contributed by atoms with Crippen molar-refractivity contribution in [3.8, 4) is 0 Å². The summed E-state index contributed by atoms with van der Waals surface area (Å²) in [5.74, 6) is -2.25. The highest BCUT2D eigenvalue weighted by Gasteiger charge is 2.06. The van der Waals surface area contributed by atoms with Crippen LogP contribution in [0.5, 0.6) is 0 Å². The maximum Gasteiger partial charge on any atom is 0.335 e. The molecule has 0 bridgehead atoms. The fourth-order valence-electron chi connectivity index (χ4n) is 1.12. The molecule has 0 saturated heterocycles. The summed E-state index contributed by atoms with van der Waals surface area (Å²) >= 11 is 0. The second-order valence-electron chi connectivity index (χ2n) is 3.41. The minimum Gasteiger partial charge on any atom is -0.478 e. The van der Waals surface area contributed by atoms with E-state index in [0.29, 0.717) is 0 Å². The molecule has 6 nitrogen and oxygen atoms in total. The molecular formula is C12H12N2O4. The van der Waals surface area contributed by atoms with E-state index in [1.54, 1.807) is 6.20 Å². The van der Waals surface area contributed by atoms with Gasteiger partial charge in [0.25, 0.3) is 0 Å². The van der Waals surface area contributed by atoms with Crippen molar-refractivity contribution in [3.63, 3.8) is 0 Å². The van der Waals surface area contributed by atoms with Gasteiger partial charge < -0.3 is 10.2 Å². The molecule has 0 fully saturated rings. The van der Waals surface area contributed by atoms with Gasteiger partial charge in [-0.25, -0.2) is 9.59 Å². The maximum atomic E-state index is 10.4. The van der Waals surface area contributed by atoms with Crippen LogP contribution >= 0.6 is 0 Å². The first-order chi connectivity index (χ1) is 8.50. The van der Waals surface area contributed by atoms with E-state index < -0.39 is 11.9 Å². The second-order valence-corrected chi connectivity index (χ2v) is 3.41. The highest BCUT2D eigenvalue weighted by molar-refractivity contribution is 5.93. The normalized spacial score (nSPS) is 9.17. The third kappa shape index (κ3) is 4.09. The van der Waals surface area contributed by atoms with E-state index in [0.717, 1.165) is 11.8 Å². The molecule has 2 rings (SSSR count). The lowest BCUT2D eigenvalue weighted by Crippen LogP contribution is -2.01. The lowest BCUT2D eigenvalue weighted by molar-refractivity contribution is 0.0696. The zero-order valence-electron chi connectivity index (χ0n) is 9.62. The standard InChI is InChI=1S/C8H6O4.C4H6N2/c9-7(10)5-2-1-3-6(4-5)8(11)12;1-4-2-3-5-6-4/h1-4H,(H,9,10)(H,11,12);2-3H,1H3,(H,5,6). The lowest BCUT2D eigenvalue weighted by Gasteiger charge is -1.95. The van der Waals surface area contributed by atoms with Crippen molar-refractivity contribution in [1.29, 1.82) is 0 Å². The molecule has 0 unspecified atom stereocenters. The summed E-state index contributed by atoms with van der Waals surface area (Å²) < 4.78 is 0. The number of aromatic amines is 1. The van der Waals surface area contributed by atoms with Crippen LogP contribution in [0, 0.1) is 6.92 Å². The second kappa shape index (κ2) is 6.19. The third-order valence-corrected chi connectivity index (χ3v) is 2.00. The first-order valence-corrected chi connectivity index (χ1v) is 5.03. The Labute approximate surface area is 103 Å². The number of carbonyl (C=O) groups is 2. The number of carboxylic acids is 2. The van der Waals surface area contributed by atoms with E-state index >= 15 is 0 Å². The molecule has 0 amide bonds. The van der Waals surface area contributed by atoms with Crippen LogP contribution < -0.4 is 0 Å². The summed E-state index contributed by atoms with van der Waals surface area (Å²) in [6, 6.07) is 7.11. The number of benzene rings is 1. The largest absolute Gasteiger partial charge is 0.478 e. The number of aromatic carboxylic acids is 2. The topological polar surface area (TPSA) is 103 Å². The molecule has 94 valence electrons. The number of hydrogen-bond acceptors (Lipinski definition) is 3. The predicted molar refractivity (Wildman–Crippen MR) is 63.7 cm³/mol. The van der Waals surface area contributed by atoms with Crippen molar-refractivity contribution in [3.05, 3.63) is 53.3 Å². The Hall–Kier alpha value is -2.63. The van der Waals surface area contributed by atoms with E-state index in [1.807, 2.05) is 13.0 Å². The number of aryl methyl sites for hydroxylation is 1. The van der Waals surface area contributed by atoms with Gasteiger partial charge in [0.15, 0.2) is 0 Å². The first-order valence-electron chi connectivity index (χ1n) is 5.03. The fraction of sp³-hybridized carbons (Fsp3) is 0.0833. The van der Waals surface area contributed by atoms with Crippen LogP contribution in [0.15, 0.2) is 36.5 Å². The van der Waals surface area contributed by atoms with Gasteiger partial charge in [0, 0.05) is 6.20 Å². The molecule has 0 aliphatic heterocycles. The Morgan fingerprint density at radius 1 is 1.11 bits per heavy atom. The van der Waals surface area contributed by atoms with Gasteiger partial charge >= 0.3 is 11.9 Å². The number of rotatable bonds is 2. The van der Waals surface area contributed by atoms with Crippen molar-refractivity contribution < 1.29 is 19.8 Å². The Balaban J connectivity index is 0.000000225. The van der Waals surface area contributed by atoms with E-state index in [4.69, 9.17) is 10.2 Å². The third-order valence-electron chi connectivity index (χ3n) is 2.00. The predicted octanol–water partition coefficient (Wildman–Crippen LogP) is 1.80. The zero-order chi connectivity index (χ0) is 13.5. The van der Waals surface area contributed by atoms with Crippen LogP contribution in [0.4, 0.5) is 0 Å². The summed E-state index contributed by atoms with van der Waals surface area (Å²) in [6.45, 7) is 1.94. The summed E-state index contributed by atoms with van der Waals surface area (Å²) in [5, 5.41) is 23.5. The van der Waals surface area contributed by atoms with Crippen molar-refractivity contribution in [2.24, 2.45) is 0 Å². The molecule has 0 atom stereocenters. The Morgan fingerprint density at radius 2 is 1.67 bits per heavy atom. The van der Waals surface area contributed by atoms with Gasteiger partial charge in [-0.3, -0.25) is 5.10 Å². The van der Waals surface area contributed by atoms with Gasteiger partial charge in [-0.05, 0) is 31.2 Å². The molecule has 2 aromatic rings. The Kier molecular flexibility index (Phi) is 4.62. The molecule has 1 heterocycles. The fourth-order valence-corrected chi connectivity index (χ4v) is 1.12. The summed E-state index contributed by atoms with van der Waals surface area (Å²) in [4.78, 5) is 20.8. The van der Waals surface area contributed by atoms with Crippen LogP contribution in [-0.4, -0.2) is 32.3 Å². The summed E-state index contributed by atoms with van der Waals surface area (Å²) in [6.07, 6.45) is 1.80. The average molecular weight is 248 g/mol. The van der Waals surface area contributed by atoms with Crippen LogP contribution in [0.2, 0.25) is 0 Å². The average Bonchev–Trinajstić information content (AvgIpc) is 2.81. The van der Waals surface area contributed by atoms with Gasteiger partial charge in [0.2, 0.25) is 0 Å². The maximum absolute atomic E-state index is 10.4. The van der Waals surface area contributed by atoms with Crippen molar-refractivity contribution in [2.75, 3.05) is 0 Å². The van der Waals surface area contributed by atoms with E-state index in [2.05, 4.69) is 10.2 Å². The first kappa shape index (κ1) is 13.4. The number of carboxylic acid groups (broad SMARTS) is 2. The zero-order valence-corrected chi connectivity index (χ0v) is 9.62.